The topological polar surface area (TPSA) is 116 Å². The highest BCUT2D eigenvalue weighted by Gasteiger charge is 2.52. The molecule has 2 aliphatic heterocycles. The Morgan fingerprint density at radius 2 is 1.65 bits per heavy atom. The highest BCUT2D eigenvalue weighted by atomic mass is 35.5. The Hall–Kier alpha value is -2.19. The second-order valence-corrected chi connectivity index (χ2v) is 29.7. The first-order valence-corrected chi connectivity index (χ1v) is 26.4. The van der Waals surface area contributed by atoms with E-state index in [9.17, 15) is 13.0 Å². The zero-order chi connectivity index (χ0) is 37.5. The van der Waals surface area contributed by atoms with E-state index in [-0.39, 0.29) is 76.9 Å². The summed E-state index contributed by atoms with van der Waals surface area (Å²) < 4.78 is 84.9. The van der Waals surface area contributed by atoms with Crippen LogP contribution < -0.4 is 9.47 Å². The number of benzene rings is 1. The van der Waals surface area contributed by atoms with Crippen LogP contribution in [-0.4, -0.2) is 91.9 Å². The summed E-state index contributed by atoms with van der Waals surface area (Å²) in [6, 6.07) is 5.13. The zero-order valence-electron chi connectivity index (χ0n) is 31.2. The van der Waals surface area contributed by atoms with Crippen LogP contribution in [0.5, 0.6) is 11.9 Å². The van der Waals surface area contributed by atoms with Crippen molar-refractivity contribution in [2.24, 2.45) is 4.36 Å². The van der Waals surface area contributed by atoms with Gasteiger partial charge in [0, 0.05) is 36.9 Å². The van der Waals surface area contributed by atoms with Gasteiger partial charge in [0.1, 0.15) is 42.2 Å². The van der Waals surface area contributed by atoms with Crippen LogP contribution in [0.3, 0.4) is 0 Å². The van der Waals surface area contributed by atoms with Crippen molar-refractivity contribution in [2.45, 2.75) is 109 Å². The fraction of sp³-hybridized carbons (Fsp3) is 0.647. The normalized spacial score (nSPS) is 21.4. The van der Waals surface area contributed by atoms with Crippen molar-refractivity contribution in [2.75, 3.05) is 32.3 Å². The summed E-state index contributed by atoms with van der Waals surface area (Å²) >= 11 is 6.62. The molecule has 284 valence electrons. The monoisotopic (exact) mass is 788 g/mol. The minimum absolute atomic E-state index is 0.0391. The number of imidazole rings is 1. The highest BCUT2D eigenvalue weighted by Crippen LogP contribution is 2.41. The molecule has 0 aliphatic carbocycles. The van der Waals surface area contributed by atoms with E-state index in [1.165, 1.54) is 12.5 Å². The summed E-state index contributed by atoms with van der Waals surface area (Å²) in [6.45, 7) is 18.7. The maximum Gasteiger partial charge on any atom is 0.301 e. The number of rotatable bonds is 14. The van der Waals surface area contributed by atoms with Gasteiger partial charge in [-0.2, -0.15) is 9.97 Å². The molecular formula is C34H51ClF2N4O7SSi2. The van der Waals surface area contributed by atoms with Crippen molar-refractivity contribution in [3.8, 4) is 11.9 Å². The maximum atomic E-state index is 15.0. The molecule has 11 nitrogen and oxygen atoms in total. The van der Waals surface area contributed by atoms with E-state index >= 15 is 0 Å². The summed E-state index contributed by atoms with van der Waals surface area (Å²) in [7, 11) is -5.83. The second-order valence-electron chi connectivity index (χ2n) is 16.3. The minimum atomic E-state index is -2.42. The molecule has 5 rings (SSSR count). The predicted octanol–water partition coefficient (Wildman–Crippen LogP) is 7.42. The van der Waals surface area contributed by atoms with Crippen molar-refractivity contribution in [1.82, 2.24) is 14.5 Å². The van der Waals surface area contributed by atoms with Gasteiger partial charge < -0.3 is 28.1 Å². The van der Waals surface area contributed by atoms with E-state index in [1.807, 2.05) is 0 Å². The van der Waals surface area contributed by atoms with Crippen LogP contribution in [-0.2, 0) is 48.2 Å². The molecule has 0 saturated carbocycles. The minimum Gasteiger partial charge on any atom is -0.471 e. The lowest BCUT2D eigenvalue weighted by atomic mass is 10.1. The van der Waals surface area contributed by atoms with Gasteiger partial charge in [-0.3, -0.25) is 8.78 Å². The number of hydrogen-bond acceptors (Lipinski definition) is 10. The summed E-state index contributed by atoms with van der Waals surface area (Å²) in [4.78, 5) is 9.18. The van der Waals surface area contributed by atoms with E-state index < -0.39 is 50.5 Å². The van der Waals surface area contributed by atoms with Crippen LogP contribution in [0.1, 0.15) is 31.9 Å². The summed E-state index contributed by atoms with van der Waals surface area (Å²) in [5.74, 6) is -1.70. The Labute approximate surface area is 307 Å². The molecule has 0 bridgehead atoms. The SMILES string of the molecule is CC(C)(C)[Si](C)(C)O[C@@H]1CO[C@H]2[C@@H]1OC[C@H]2Oc1nc2nc(OCc3c(F)cc(CN=S(C)(C)=O)cc3F)c(Cl)cc2n1COCC[Si](C)(C)C. The van der Waals surface area contributed by atoms with Crippen molar-refractivity contribution < 1.29 is 41.1 Å². The van der Waals surface area contributed by atoms with Crippen molar-refractivity contribution in [3.63, 3.8) is 0 Å². The van der Waals surface area contributed by atoms with Crippen molar-refractivity contribution in [1.29, 1.82) is 0 Å². The van der Waals surface area contributed by atoms with Crippen LogP contribution >= 0.6 is 11.6 Å². The molecule has 0 unspecified atom stereocenters. The van der Waals surface area contributed by atoms with Gasteiger partial charge in [0.2, 0.25) is 5.88 Å². The Morgan fingerprint density at radius 1 is 1.02 bits per heavy atom. The van der Waals surface area contributed by atoms with Gasteiger partial charge in [-0.15, -0.1) is 0 Å². The largest absolute Gasteiger partial charge is 0.471 e. The van der Waals surface area contributed by atoms with E-state index in [4.69, 9.17) is 39.7 Å². The van der Waals surface area contributed by atoms with Crippen LogP contribution in [0.15, 0.2) is 22.6 Å². The Morgan fingerprint density at radius 3 is 2.25 bits per heavy atom. The number of hydrogen-bond donors (Lipinski definition) is 0. The van der Waals surface area contributed by atoms with Gasteiger partial charge in [-0.05, 0) is 47.9 Å². The number of halogens is 3. The first-order valence-electron chi connectivity index (χ1n) is 17.1. The molecule has 4 atom stereocenters. The first-order chi connectivity index (χ1) is 23.6. The van der Waals surface area contributed by atoms with Gasteiger partial charge >= 0.3 is 6.01 Å². The van der Waals surface area contributed by atoms with Crippen LogP contribution in [0.2, 0.25) is 48.8 Å². The molecule has 2 aliphatic rings. The molecule has 2 saturated heterocycles. The van der Waals surface area contributed by atoms with E-state index in [0.717, 1.165) is 18.2 Å². The van der Waals surface area contributed by atoms with Gasteiger partial charge in [-0.1, -0.05) is 52.0 Å². The van der Waals surface area contributed by atoms with E-state index in [1.54, 1.807) is 10.6 Å². The Bertz CT molecular complexity index is 1830. The third-order valence-electron chi connectivity index (χ3n) is 9.43. The summed E-state index contributed by atoms with van der Waals surface area (Å²) in [5.41, 5.74) is 0.736. The highest BCUT2D eigenvalue weighted by molar-refractivity contribution is 7.92. The second kappa shape index (κ2) is 15.3. The molecule has 0 amide bonds. The van der Waals surface area contributed by atoms with Crippen LogP contribution in [0.4, 0.5) is 8.78 Å². The average molecular weight is 789 g/mol. The molecule has 51 heavy (non-hydrogen) atoms. The lowest BCUT2D eigenvalue weighted by Crippen LogP contribution is -2.47. The van der Waals surface area contributed by atoms with E-state index in [0.29, 0.717) is 18.7 Å². The number of aromatic nitrogens is 3. The van der Waals surface area contributed by atoms with Gasteiger partial charge in [0.05, 0.1) is 36.9 Å². The number of ether oxygens (including phenoxy) is 5. The van der Waals surface area contributed by atoms with Crippen molar-refractivity contribution in [3.05, 3.63) is 46.0 Å². The molecule has 0 spiro atoms. The standard InChI is InChI=1S/C34H51ClF2N4O7SSi2/c1-34(2,3)51(9,10)48-28-19-45-29-27(18-44-30(28)29)47-33-40-31-26(41(33)20-43-11-12-50(6,7)8)15-23(35)32(39-31)46-17-22-24(36)13-21(14-25(22)37)16-38-49(4,5)42/h13-15,27-30H,11-12,16-20H2,1-10H3/t27-,28-,29-,30-/m1/s1. The summed E-state index contributed by atoms with van der Waals surface area (Å²) in [6.07, 6.45) is 1.63. The van der Waals surface area contributed by atoms with Crippen LogP contribution in [0, 0.1) is 11.6 Å². The smallest absolute Gasteiger partial charge is 0.301 e. The van der Waals surface area contributed by atoms with E-state index in [2.05, 4.69) is 67.8 Å². The molecule has 0 radical (unpaired) electrons. The molecule has 1 aromatic carbocycles. The molecule has 3 aromatic rings. The lowest BCUT2D eigenvalue weighted by molar-refractivity contribution is 0.00691. The average Bonchev–Trinajstić information content (AvgIpc) is 3.67. The fourth-order valence-corrected chi connectivity index (χ4v) is 8.14. The van der Waals surface area contributed by atoms with Gasteiger partial charge in [0.15, 0.2) is 20.1 Å². The number of nitrogens with zero attached hydrogens (tertiary/aromatic N) is 4. The zero-order valence-corrected chi connectivity index (χ0v) is 34.8. The third-order valence-corrected chi connectivity index (χ3v) is 16.7. The molecule has 2 fully saturated rings. The lowest BCUT2D eigenvalue weighted by Gasteiger charge is -2.39. The molecule has 0 N–H and O–H groups in total. The molecule has 4 heterocycles. The number of pyridine rings is 1. The van der Waals surface area contributed by atoms with Crippen molar-refractivity contribution >= 4 is 48.9 Å². The van der Waals surface area contributed by atoms with Crippen LogP contribution in [0.25, 0.3) is 11.2 Å². The molecule has 17 heteroatoms. The predicted molar refractivity (Wildman–Crippen MR) is 199 cm³/mol. The number of fused-ring (bicyclic) bond motifs is 2. The third kappa shape index (κ3) is 9.87. The first kappa shape index (κ1) is 40.0. The van der Waals surface area contributed by atoms with Gasteiger partial charge in [-0.25, -0.2) is 13.1 Å². The fourth-order valence-electron chi connectivity index (χ4n) is 5.42. The Kier molecular flexibility index (Phi) is 12.0. The quantitative estimate of drug-likeness (QED) is 0.122. The summed E-state index contributed by atoms with van der Waals surface area (Å²) in [5, 5.41) is 0.153. The maximum absolute atomic E-state index is 15.0. The van der Waals surface area contributed by atoms with Gasteiger partial charge in [0.25, 0.3) is 0 Å². The Balaban J connectivity index is 1.36. The molecular weight excluding hydrogens is 738 g/mol. The molecule has 2 aromatic heterocycles.